The zero-order valence-corrected chi connectivity index (χ0v) is 4.69. The van der Waals surface area contributed by atoms with Gasteiger partial charge in [0.15, 0.2) is 6.29 Å². The van der Waals surface area contributed by atoms with Crippen molar-refractivity contribution in [2.24, 2.45) is 5.92 Å². The molecule has 0 spiro atoms. The Morgan fingerprint density at radius 2 is 2.11 bits per heavy atom. The summed E-state index contributed by atoms with van der Waals surface area (Å²) in [6.07, 6.45) is 4.00. The number of hydrogen-bond acceptors (Lipinski definition) is 3. The normalized spacial score (nSPS) is 58.7. The lowest BCUT2D eigenvalue weighted by atomic mass is 10.1. The summed E-state index contributed by atoms with van der Waals surface area (Å²) in [6.45, 7) is 0. The number of rotatable bonds is 0. The Balaban J connectivity index is 1.95. The molecule has 4 atom stereocenters. The molecule has 2 fully saturated rings. The zero-order chi connectivity index (χ0) is 5.84. The first-order chi connectivity index (χ1) is 4.45. The maximum absolute atomic E-state index is 5.25. The molecule has 3 heterocycles. The van der Waals surface area contributed by atoms with Gasteiger partial charge in [-0.3, -0.25) is 0 Å². The van der Waals surface area contributed by atoms with Crippen LogP contribution in [0.5, 0.6) is 0 Å². The van der Waals surface area contributed by atoms with E-state index in [1.54, 1.807) is 6.26 Å². The Kier molecular flexibility index (Phi) is 0.549. The largest absolute Gasteiger partial charge is 0.472 e. The first kappa shape index (κ1) is 4.30. The molecule has 3 heteroatoms. The highest BCUT2D eigenvalue weighted by Crippen LogP contribution is 2.45. The molecule has 0 aromatic heterocycles. The van der Waals surface area contributed by atoms with Crippen LogP contribution in [-0.2, 0) is 14.2 Å². The van der Waals surface area contributed by atoms with Crippen LogP contribution in [0.3, 0.4) is 0 Å². The van der Waals surface area contributed by atoms with Gasteiger partial charge in [0, 0.05) is 0 Å². The molecule has 0 bridgehead atoms. The molecule has 4 unspecified atom stereocenters. The second-order valence-electron chi connectivity index (χ2n) is 2.52. The van der Waals surface area contributed by atoms with Crippen molar-refractivity contribution in [3.8, 4) is 0 Å². The Hall–Kier alpha value is -0.540. The lowest BCUT2D eigenvalue weighted by Gasteiger charge is -2.09. The third-order valence-corrected chi connectivity index (χ3v) is 1.96. The number of epoxide rings is 1. The molecule has 3 rings (SSSR count). The van der Waals surface area contributed by atoms with Crippen LogP contribution in [0.4, 0.5) is 0 Å². The van der Waals surface area contributed by atoms with Crippen LogP contribution < -0.4 is 0 Å². The van der Waals surface area contributed by atoms with Crippen molar-refractivity contribution in [3.63, 3.8) is 0 Å². The fourth-order valence-corrected chi connectivity index (χ4v) is 1.41. The SMILES string of the molecule is C1=CC2C(O1)OC1OC12. The zero-order valence-electron chi connectivity index (χ0n) is 4.69. The van der Waals surface area contributed by atoms with Crippen LogP contribution in [0.25, 0.3) is 0 Å². The third kappa shape index (κ3) is 0.404. The molecule has 2 saturated heterocycles. The van der Waals surface area contributed by atoms with Gasteiger partial charge in [-0.1, -0.05) is 0 Å². The van der Waals surface area contributed by atoms with Gasteiger partial charge < -0.3 is 14.2 Å². The second-order valence-corrected chi connectivity index (χ2v) is 2.52. The van der Waals surface area contributed by atoms with E-state index in [1.807, 2.05) is 6.08 Å². The van der Waals surface area contributed by atoms with Crippen LogP contribution in [0.15, 0.2) is 12.3 Å². The van der Waals surface area contributed by atoms with Crippen molar-refractivity contribution < 1.29 is 14.2 Å². The fourth-order valence-electron chi connectivity index (χ4n) is 1.41. The highest BCUT2D eigenvalue weighted by molar-refractivity contribution is 5.06. The molecule has 3 aliphatic rings. The summed E-state index contributed by atoms with van der Waals surface area (Å²) in [7, 11) is 0. The Bertz CT molecular complexity index is 177. The summed E-state index contributed by atoms with van der Waals surface area (Å²) in [5, 5.41) is 0. The smallest absolute Gasteiger partial charge is 0.210 e. The summed E-state index contributed by atoms with van der Waals surface area (Å²) in [5.41, 5.74) is 0. The van der Waals surface area contributed by atoms with Gasteiger partial charge in [0.2, 0.25) is 6.29 Å². The summed E-state index contributed by atoms with van der Waals surface area (Å²) < 4.78 is 15.5. The molecule has 3 nitrogen and oxygen atoms in total. The maximum atomic E-state index is 5.25. The molecule has 0 aromatic carbocycles. The molecule has 9 heavy (non-hydrogen) atoms. The van der Waals surface area contributed by atoms with Crippen LogP contribution in [0, 0.1) is 5.92 Å². The first-order valence-corrected chi connectivity index (χ1v) is 3.08. The van der Waals surface area contributed by atoms with E-state index in [4.69, 9.17) is 14.2 Å². The lowest BCUT2D eigenvalue weighted by molar-refractivity contribution is -0.136. The minimum Gasteiger partial charge on any atom is -0.472 e. The van der Waals surface area contributed by atoms with Gasteiger partial charge in [-0.25, -0.2) is 0 Å². The highest BCUT2D eigenvalue weighted by atomic mass is 16.8. The van der Waals surface area contributed by atoms with E-state index in [0.717, 1.165) is 0 Å². The average Bonchev–Trinajstić information content (AvgIpc) is 2.38. The maximum Gasteiger partial charge on any atom is 0.210 e. The van der Waals surface area contributed by atoms with Crippen molar-refractivity contribution in [1.29, 1.82) is 0 Å². The Morgan fingerprint density at radius 1 is 1.11 bits per heavy atom. The minimum atomic E-state index is -0.0336. The van der Waals surface area contributed by atoms with E-state index in [2.05, 4.69) is 0 Å². The van der Waals surface area contributed by atoms with Crippen LogP contribution in [-0.4, -0.2) is 18.7 Å². The quantitative estimate of drug-likeness (QED) is 0.435. The average molecular weight is 126 g/mol. The van der Waals surface area contributed by atoms with Crippen LogP contribution >= 0.6 is 0 Å². The monoisotopic (exact) mass is 126 g/mol. The van der Waals surface area contributed by atoms with Gasteiger partial charge in [-0.15, -0.1) is 0 Å². The summed E-state index contributed by atoms with van der Waals surface area (Å²) >= 11 is 0. The van der Waals surface area contributed by atoms with Gasteiger partial charge >= 0.3 is 0 Å². The molecule has 0 amide bonds. The van der Waals surface area contributed by atoms with Gasteiger partial charge in [0.25, 0.3) is 0 Å². The summed E-state index contributed by atoms with van der Waals surface area (Å²) in [6, 6.07) is 0. The van der Waals surface area contributed by atoms with Gasteiger partial charge in [-0.2, -0.15) is 0 Å². The van der Waals surface area contributed by atoms with E-state index in [9.17, 15) is 0 Å². The molecular weight excluding hydrogens is 120 g/mol. The van der Waals surface area contributed by atoms with Gasteiger partial charge in [0.1, 0.15) is 6.10 Å². The number of fused-ring (bicyclic) bond motifs is 3. The van der Waals surface area contributed by atoms with Crippen molar-refractivity contribution in [3.05, 3.63) is 12.3 Å². The fraction of sp³-hybridized carbons (Fsp3) is 0.667. The number of ether oxygens (including phenoxy) is 3. The highest BCUT2D eigenvalue weighted by Gasteiger charge is 2.58. The topological polar surface area (TPSA) is 31.0 Å². The third-order valence-electron chi connectivity index (χ3n) is 1.96. The molecule has 0 radical (unpaired) electrons. The predicted molar refractivity (Wildman–Crippen MR) is 27.2 cm³/mol. The first-order valence-electron chi connectivity index (χ1n) is 3.08. The van der Waals surface area contributed by atoms with E-state index in [-0.39, 0.29) is 12.6 Å². The summed E-state index contributed by atoms with van der Waals surface area (Å²) in [5.74, 6) is 0.370. The molecule has 48 valence electrons. The second kappa shape index (κ2) is 1.15. The van der Waals surface area contributed by atoms with Gasteiger partial charge in [0.05, 0.1) is 12.2 Å². The van der Waals surface area contributed by atoms with E-state index < -0.39 is 0 Å². The number of hydrogen-bond donors (Lipinski definition) is 0. The van der Waals surface area contributed by atoms with Crippen molar-refractivity contribution in [2.45, 2.75) is 18.7 Å². The molecule has 3 aliphatic heterocycles. The Morgan fingerprint density at radius 3 is 3.00 bits per heavy atom. The van der Waals surface area contributed by atoms with E-state index >= 15 is 0 Å². The minimum absolute atomic E-state index is 0.0336. The van der Waals surface area contributed by atoms with Crippen molar-refractivity contribution in [2.75, 3.05) is 0 Å². The Labute approximate surface area is 52.2 Å². The van der Waals surface area contributed by atoms with Gasteiger partial charge in [-0.05, 0) is 6.08 Å². The van der Waals surface area contributed by atoms with Crippen LogP contribution in [0.2, 0.25) is 0 Å². The van der Waals surface area contributed by atoms with Crippen molar-refractivity contribution in [1.82, 2.24) is 0 Å². The standard InChI is InChI=1S/C6H6O3/c1-2-7-5-3(1)4-6(8-4)9-5/h1-6H. The molecular formula is C6H6O3. The molecule has 0 saturated carbocycles. The van der Waals surface area contributed by atoms with E-state index in [1.165, 1.54) is 0 Å². The van der Waals surface area contributed by atoms with Crippen molar-refractivity contribution >= 4 is 0 Å². The van der Waals surface area contributed by atoms with Crippen LogP contribution in [0.1, 0.15) is 0 Å². The lowest BCUT2D eigenvalue weighted by Crippen LogP contribution is -2.16. The molecule has 0 aliphatic carbocycles. The predicted octanol–water partition coefficient (Wildman–Crippen LogP) is 0.228. The summed E-state index contributed by atoms with van der Waals surface area (Å²) in [4.78, 5) is 0. The molecule has 0 aromatic rings. The molecule has 0 N–H and O–H groups in total. The van der Waals surface area contributed by atoms with E-state index in [0.29, 0.717) is 12.0 Å².